The van der Waals surface area contributed by atoms with Crippen molar-refractivity contribution in [1.82, 2.24) is 15.0 Å². The van der Waals surface area contributed by atoms with E-state index in [2.05, 4.69) is 47.3 Å². The molecule has 0 saturated heterocycles. The van der Waals surface area contributed by atoms with Crippen LogP contribution in [0.5, 0.6) is 18.0 Å². The van der Waals surface area contributed by atoms with E-state index in [9.17, 15) is 4.79 Å². The van der Waals surface area contributed by atoms with Crippen molar-refractivity contribution in [3.8, 4) is 18.0 Å². The topological polar surface area (TPSA) is 104 Å². The summed E-state index contributed by atoms with van der Waals surface area (Å²) >= 11 is 3.68. The second-order valence-corrected chi connectivity index (χ2v) is 4.30. The van der Waals surface area contributed by atoms with Crippen molar-refractivity contribution in [2.75, 3.05) is 25.6 Å². The van der Waals surface area contributed by atoms with Crippen LogP contribution < -0.4 is 14.2 Å². The Balaban J connectivity index is 0.000000754. The minimum atomic E-state index is -0.787. The molecule has 1 aromatic rings. The van der Waals surface area contributed by atoms with Crippen LogP contribution in [-0.2, 0) is 4.79 Å². The van der Waals surface area contributed by atoms with E-state index in [4.69, 9.17) is 19.3 Å². The number of aromatic nitrogens is 3. The Bertz CT molecular complexity index is 466. The summed E-state index contributed by atoms with van der Waals surface area (Å²) < 4.78 is 15.6. The van der Waals surface area contributed by atoms with E-state index in [1.807, 2.05) is 0 Å². The third kappa shape index (κ3) is 11.1. The zero-order valence-electron chi connectivity index (χ0n) is 13.3. The highest BCUT2D eigenvalue weighted by molar-refractivity contribution is 7.80. The maximum Gasteiger partial charge on any atom is 0.326 e. The largest absolute Gasteiger partial charge is 0.481 e. The molecular weight excluding hydrogens is 334 g/mol. The first kappa shape index (κ1) is 21.4. The minimum absolute atomic E-state index is 0.114. The van der Waals surface area contributed by atoms with Gasteiger partial charge in [0.15, 0.2) is 0 Å². The van der Waals surface area contributed by atoms with Crippen LogP contribution in [0.4, 0.5) is 0 Å². The van der Waals surface area contributed by atoms with Crippen molar-refractivity contribution in [2.45, 2.75) is 6.42 Å². The van der Waals surface area contributed by atoms with Crippen LogP contribution in [0.2, 0.25) is 0 Å². The summed E-state index contributed by atoms with van der Waals surface area (Å²) in [6.45, 7) is 11.5. The molecule has 0 saturated carbocycles. The molecule has 0 aliphatic carbocycles. The molecule has 0 spiro atoms. The molecule has 132 valence electrons. The van der Waals surface area contributed by atoms with Gasteiger partial charge < -0.3 is 19.3 Å². The highest BCUT2D eigenvalue weighted by Gasteiger charge is 2.08. The van der Waals surface area contributed by atoms with Crippen molar-refractivity contribution < 1.29 is 24.1 Å². The molecule has 0 bridgehead atoms. The lowest BCUT2D eigenvalue weighted by atomic mass is 10.5. The Morgan fingerprint density at radius 2 is 1.25 bits per heavy atom. The summed E-state index contributed by atoms with van der Waals surface area (Å²) in [5, 5.41) is 7.86. The fourth-order valence-corrected chi connectivity index (χ4v) is 1.20. The molecule has 0 unspecified atom stereocenters. The molecule has 1 rings (SSSR count). The van der Waals surface area contributed by atoms with Gasteiger partial charge in [-0.1, -0.05) is 38.0 Å². The summed E-state index contributed by atoms with van der Waals surface area (Å²) in [4.78, 5) is 21.4. The van der Waals surface area contributed by atoms with Crippen LogP contribution in [0.1, 0.15) is 6.42 Å². The van der Waals surface area contributed by atoms with Crippen molar-refractivity contribution >= 4 is 18.6 Å². The van der Waals surface area contributed by atoms with Gasteiger partial charge in [0.25, 0.3) is 0 Å². The maximum atomic E-state index is 9.55. The first-order valence-electron chi connectivity index (χ1n) is 6.87. The summed E-state index contributed by atoms with van der Waals surface area (Å²) in [7, 11) is 0. The summed E-state index contributed by atoms with van der Waals surface area (Å²) in [6, 6.07) is 0.342. The highest BCUT2D eigenvalue weighted by Crippen LogP contribution is 2.14. The monoisotopic (exact) mass is 355 g/mol. The van der Waals surface area contributed by atoms with Gasteiger partial charge in [-0.15, -0.1) is 15.0 Å². The molecular formula is C15H21N3O5S. The van der Waals surface area contributed by atoms with E-state index < -0.39 is 5.97 Å². The van der Waals surface area contributed by atoms with Crippen molar-refractivity contribution in [3.63, 3.8) is 0 Å². The number of rotatable bonds is 11. The summed E-state index contributed by atoms with van der Waals surface area (Å²) in [5.74, 6) is -0.361. The molecule has 9 heteroatoms. The molecule has 0 radical (unpaired) electrons. The van der Waals surface area contributed by atoms with E-state index in [0.29, 0.717) is 5.75 Å². The predicted molar refractivity (Wildman–Crippen MR) is 93.0 cm³/mol. The van der Waals surface area contributed by atoms with Gasteiger partial charge in [0, 0.05) is 5.75 Å². The van der Waals surface area contributed by atoms with Crippen LogP contribution in [0.15, 0.2) is 38.0 Å². The molecule has 0 fully saturated rings. The van der Waals surface area contributed by atoms with Gasteiger partial charge in [-0.2, -0.15) is 12.6 Å². The fraction of sp³-hybridized carbons (Fsp3) is 0.333. The number of carboxylic acids is 1. The van der Waals surface area contributed by atoms with Crippen LogP contribution in [0.25, 0.3) is 0 Å². The van der Waals surface area contributed by atoms with E-state index in [-0.39, 0.29) is 44.3 Å². The lowest BCUT2D eigenvalue weighted by molar-refractivity contribution is -0.136. The summed E-state index contributed by atoms with van der Waals surface area (Å²) in [6.07, 6.45) is 4.90. The average Bonchev–Trinajstić information content (AvgIpc) is 2.56. The number of thiol groups is 1. The molecule has 0 amide bonds. The number of carboxylic acid groups (broad SMARTS) is 1. The predicted octanol–water partition coefficient (Wildman–Crippen LogP) is 1.96. The van der Waals surface area contributed by atoms with Gasteiger partial charge in [-0.3, -0.25) is 4.79 Å². The third-order valence-corrected chi connectivity index (χ3v) is 2.11. The van der Waals surface area contributed by atoms with Crippen molar-refractivity contribution in [3.05, 3.63) is 38.0 Å². The number of ether oxygens (including phenoxy) is 3. The molecule has 1 N–H and O–H groups in total. The van der Waals surface area contributed by atoms with Gasteiger partial charge >= 0.3 is 24.0 Å². The second-order valence-electron chi connectivity index (χ2n) is 3.85. The standard InChI is InChI=1S/C12H15N3O3.C3H6O2S/c1-4-7-16-10-13-11(17-8-5-2)15-12(14-10)18-9-6-3;4-3(5)1-2-6/h4-6H,1-3,7-9H2;6H,1-2H2,(H,4,5). The third-order valence-electron chi connectivity index (χ3n) is 1.89. The van der Waals surface area contributed by atoms with Crippen LogP contribution in [0.3, 0.4) is 0 Å². The Hall–Kier alpha value is -2.55. The quantitative estimate of drug-likeness (QED) is 0.459. The Labute approximate surface area is 146 Å². The highest BCUT2D eigenvalue weighted by atomic mass is 32.1. The molecule has 1 heterocycles. The molecule has 0 atom stereocenters. The van der Waals surface area contributed by atoms with Gasteiger partial charge in [0.2, 0.25) is 0 Å². The molecule has 0 aromatic carbocycles. The number of carbonyl (C=O) groups is 1. The smallest absolute Gasteiger partial charge is 0.326 e. The van der Waals surface area contributed by atoms with E-state index in [0.717, 1.165) is 0 Å². The average molecular weight is 355 g/mol. The number of hydrogen-bond acceptors (Lipinski definition) is 8. The lowest BCUT2D eigenvalue weighted by Crippen LogP contribution is -2.07. The van der Waals surface area contributed by atoms with Gasteiger partial charge in [-0.05, 0) is 0 Å². The zero-order chi connectivity index (χ0) is 18.2. The van der Waals surface area contributed by atoms with Gasteiger partial charge in [0.1, 0.15) is 19.8 Å². The number of hydrogen-bond donors (Lipinski definition) is 2. The first-order valence-corrected chi connectivity index (χ1v) is 7.50. The first-order chi connectivity index (χ1) is 11.6. The molecule has 24 heavy (non-hydrogen) atoms. The Kier molecular flexibility index (Phi) is 12.6. The number of aliphatic carboxylic acids is 1. The molecule has 1 aromatic heterocycles. The Morgan fingerprint density at radius 3 is 1.42 bits per heavy atom. The van der Waals surface area contributed by atoms with E-state index in [1.54, 1.807) is 18.2 Å². The van der Waals surface area contributed by atoms with Gasteiger partial charge in [-0.25, -0.2) is 0 Å². The summed E-state index contributed by atoms with van der Waals surface area (Å²) in [5.41, 5.74) is 0. The zero-order valence-corrected chi connectivity index (χ0v) is 14.2. The normalized spacial score (nSPS) is 9.04. The van der Waals surface area contributed by atoms with E-state index in [1.165, 1.54) is 0 Å². The van der Waals surface area contributed by atoms with Crippen molar-refractivity contribution in [1.29, 1.82) is 0 Å². The molecule has 0 aliphatic heterocycles. The number of nitrogens with zero attached hydrogens (tertiary/aromatic N) is 3. The van der Waals surface area contributed by atoms with Crippen molar-refractivity contribution in [2.24, 2.45) is 0 Å². The fourth-order valence-electron chi connectivity index (χ4n) is 1.01. The van der Waals surface area contributed by atoms with Gasteiger partial charge in [0.05, 0.1) is 6.42 Å². The van der Waals surface area contributed by atoms with E-state index >= 15 is 0 Å². The van der Waals surface area contributed by atoms with Crippen LogP contribution in [-0.4, -0.2) is 51.6 Å². The molecule has 8 nitrogen and oxygen atoms in total. The second kappa shape index (κ2) is 14.1. The lowest BCUT2D eigenvalue weighted by Gasteiger charge is -2.07. The maximum absolute atomic E-state index is 9.55. The SMILES string of the molecule is C=CCOc1nc(OCC=C)nc(OCC=C)n1.O=C(O)CCS. The Morgan fingerprint density at radius 1 is 0.917 bits per heavy atom. The minimum Gasteiger partial charge on any atom is -0.481 e. The molecule has 0 aliphatic rings. The van der Waals surface area contributed by atoms with Crippen LogP contribution in [0, 0.1) is 0 Å². The van der Waals surface area contributed by atoms with Crippen LogP contribution >= 0.6 is 12.6 Å².